The molecule has 2 aromatic carbocycles. The van der Waals surface area contributed by atoms with Crippen LogP contribution in [0.3, 0.4) is 0 Å². The van der Waals surface area contributed by atoms with Gasteiger partial charge in [0.2, 0.25) is 10.0 Å². The lowest BCUT2D eigenvalue weighted by Gasteiger charge is -2.17. The fourth-order valence-electron chi connectivity index (χ4n) is 2.72. The highest BCUT2D eigenvalue weighted by Crippen LogP contribution is 2.30. The van der Waals surface area contributed by atoms with Gasteiger partial charge in [-0.05, 0) is 49.2 Å². The maximum Gasteiger partial charge on any atom is 0.258 e. The van der Waals surface area contributed by atoms with Crippen LogP contribution in [0.15, 0.2) is 41.3 Å². The van der Waals surface area contributed by atoms with Crippen molar-refractivity contribution in [1.82, 2.24) is 10.0 Å². The average molecular weight is 471 g/mol. The number of halogens is 1. The van der Waals surface area contributed by atoms with Crippen LogP contribution in [-0.4, -0.2) is 41.7 Å². The molecule has 31 heavy (non-hydrogen) atoms. The Kier molecular flexibility index (Phi) is 8.97. The molecule has 0 saturated heterocycles. The van der Waals surface area contributed by atoms with Crippen LogP contribution in [-0.2, 0) is 14.8 Å². The summed E-state index contributed by atoms with van der Waals surface area (Å²) in [4.78, 5) is 12.3. The number of amides is 1. The van der Waals surface area contributed by atoms with Crippen molar-refractivity contribution in [2.45, 2.75) is 31.2 Å². The fourth-order valence-corrected chi connectivity index (χ4v) is 4.18. The largest absolute Gasteiger partial charge is 0.493 e. The molecule has 0 saturated carbocycles. The van der Waals surface area contributed by atoms with Crippen molar-refractivity contribution in [3.63, 3.8) is 0 Å². The lowest BCUT2D eigenvalue weighted by molar-refractivity contribution is -0.123. The van der Waals surface area contributed by atoms with E-state index in [1.807, 2.05) is 19.9 Å². The number of carbonyl (C=O) groups is 1. The van der Waals surface area contributed by atoms with Gasteiger partial charge < -0.3 is 19.5 Å². The summed E-state index contributed by atoms with van der Waals surface area (Å²) >= 11 is 6.14. The second-order valence-corrected chi connectivity index (χ2v) is 8.86. The first-order valence-corrected chi connectivity index (χ1v) is 11.5. The van der Waals surface area contributed by atoms with Crippen molar-refractivity contribution in [2.24, 2.45) is 0 Å². The van der Waals surface area contributed by atoms with E-state index >= 15 is 0 Å². The van der Waals surface area contributed by atoms with Crippen LogP contribution < -0.4 is 24.2 Å². The molecule has 0 spiro atoms. The first kappa shape index (κ1) is 24.8. The van der Waals surface area contributed by atoms with Crippen LogP contribution in [0.1, 0.15) is 31.9 Å². The molecule has 2 N–H and O–H groups in total. The number of hydrogen-bond donors (Lipinski definition) is 2. The van der Waals surface area contributed by atoms with E-state index in [4.69, 9.17) is 25.8 Å². The summed E-state index contributed by atoms with van der Waals surface area (Å²) in [6.07, 6.45) is 0.672. The molecule has 0 fully saturated rings. The van der Waals surface area contributed by atoms with Crippen molar-refractivity contribution in [1.29, 1.82) is 0 Å². The van der Waals surface area contributed by atoms with Crippen molar-refractivity contribution >= 4 is 27.5 Å². The highest BCUT2D eigenvalue weighted by atomic mass is 35.5. The molecule has 0 bridgehead atoms. The molecule has 0 radical (unpaired) electrons. The van der Waals surface area contributed by atoms with Crippen molar-refractivity contribution in [2.75, 3.05) is 27.4 Å². The molecule has 2 aromatic rings. The van der Waals surface area contributed by atoms with Crippen molar-refractivity contribution in [3.05, 3.63) is 47.0 Å². The van der Waals surface area contributed by atoms with Gasteiger partial charge in [0.1, 0.15) is 5.75 Å². The van der Waals surface area contributed by atoms with E-state index < -0.39 is 10.0 Å². The van der Waals surface area contributed by atoms with Gasteiger partial charge >= 0.3 is 0 Å². The van der Waals surface area contributed by atoms with Crippen molar-refractivity contribution in [3.8, 4) is 17.2 Å². The molecule has 1 amide bonds. The van der Waals surface area contributed by atoms with Crippen LogP contribution in [0, 0.1) is 0 Å². The highest BCUT2D eigenvalue weighted by molar-refractivity contribution is 7.89. The average Bonchev–Trinajstić information content (AvgIpc) is 2.76. The molecule has 0 aliphatic heterocycles. The zero-order valence-electron chi connectivity index (χ0n) is 17.9. The molecule has 0 aliphatic carbocycles. The number of methoxy groups -OCH3 is 2. The minimum absolute atomic E-state index is 0.0322. The zero-order chi connectivity index (χ0) is 23.0. The molecule has 1 atom stereocenters. The maximum atomic E-state index is 12.3. The van der Waals surface area contributed by atoms with E-state index in [9.17, 15) is 13.2 Å². The summed E-state index contributed by atoms with van der Waals surface area (Å²) < 4.78 is 42.8. The second-order valence-electron chi connectivity index (χ2n) is 6.68. The van der Waals surface area contributed by atoms with Crippen LogP contribution in [0.2, 0.25) is 5.02 Å². The molecule has 170 valence electrons. The van der Waals surface area contributed by atoms with Gasteiger partial charge in [-0.2, -0.15) is 0 Å². The number of ether oxygens (including phenoxy) is 3. The molecule has 8 nitrogen and oxygen atoms in total. The number of hydrogen-bond acceptors (Lipinski definition) is 6. The number of carbonyl (C=O) groups excluding carboxylic acids is 1. The third-order valence-corrected chi connectivity index (χ3v) is 6.15. The van der Waals surface area contributed by atoms with Gasteiger partial charge in [0.15, 0.2) is 18.1 Å². The van der Waals surface area contributed by atoms with Gasteiger partial charge in [0, 0.05) is 6.54 Å². The molecular formula is C21H27ClN2O6S. The summed E-state index contributed by atoms with van der Waals surface area (Å²) in [5.74, 6) is 1.01. The summed E-state index contributed by atoms with van der Waals surface area (Å²) in [6.45, 7) is 3.74. The standard InChI is InChI=1S/C21H27ClN2O6S/c1-5-10-23-31(26,27)16-7-9-18(17(22)12-16)30-13-21(25)24-14(2)15-6-8-19(28-3)20(11-15)29-4/h6-9,11-12,14,23H,5,10,13H2,1-4H3,(H,24,25)/t14-/m1/s1. The first-order valence-electron chi connectivity index (χ1n) is 9.65. The lowest BCUT2D eigenvalue weighted by Crippen LogP contribution is -2.31. The Morgan fingerprint density at radius 2 is 1.74 bits per heavy atom. The third-order valence-electron chi connectivity index (χ3n) is 4.40. The maximum absolute atomic E-state index is 12.3. The Labute approximate surface area is 187 Å². The van der Waals surface area contributed by atoms with E-state index in [1.165, 1.54) is 18.2 Å². The van der Waals surface area contributed by atoms with Crippen LogP contribution >= 0.6 is 11.6 Å². The Morgan fingerprint density at radius 1 is 1.06 bits per heavy atom. The molecule has 0 aliphatic rings. The van der Waals surface area contributed by atoms with E-state index in [2.05, 4.69) is 10.0 Å². The number of benzene rings is 2. The quantitative estimate of drug-likeness (QED) is 0.522. The van der Waals surface area contributed by atoms with Gasteiger partial charge in [0.25, 0.3) is 5.91 Å². The zero-order valence-corrected chi connectivity index (χ0v) is 19.5. The van der Waals surface area contributed by atoms with Gasteiger partial charge in [-0.15, -0.1) is 0 Å². The number of nitrogens with one attached hydrogen (secondary N) is 2. The molecule has 0 unspecified atom stereocenters. The van der Waals surface area contributed by atoms with Crippen LogP contribution in [0.5, 0.6) is 17.2 Å². The predicted octanol–water partition coefficient (Wildman–Crippen LogP) is 3.30. The van der Waals surface area contributed by atoms with Crippen LogP contribution in [0.4, 0.5) is 0 Å². The van der Waals surface area contributed by atoms with Gasteiger partial charge in [-0.25, -0.2) is 13.1 Å². The predicted molar refractivity (Wildman–Crippen MR) is 119 cm³/mol. The number of rotatable bonds is 11. The van der Waals surface area contributed by atoms with Gasteiger partial charge in [-0.3, -0.25) is 4.79 Å². The topological polar surface area (TPSA) is 103 Å². The molecule has 10 heteroatoms. The Morgan fingerprint density at radius 3 is 2.35 bits per heavy atom. The Bertz CT molecular complexity index is 1010. The fraction of sp³-hybridized carbons (Fsp3) is 0.381. The lowest BCUT2D eigenvalue weighted by atomic mass is 10.1. The van der Waals surface area contributed by atoms with Crippen LogP contribution in [0.25, 0.3) is 0 Å². The minimum atomic E-state index is -3.64. The van der Waals surface area contributed by atoms with E-state index in [1.54, 1.807) is 26.4 Å². The Hall–Kier alpha value is -2.49. The third kappa shape index (κ3) is 6.75. The minimum Gasteiger partial charge on any atom is -0.493 e. The van der Waals surface area contributed by atoms with Gasteiger partial charge in [-0.1, -0.05) is 24.6 Å². The molecule has 0 aromatic heterocycles. The van der Waals surface area contributed by atoms with Gasteiger partial charge in [0.05, 0.1) is 30.2 Å². The van der Waals surface area contributed by atoms with E-state index in [-0.39, 0.29) is 34.2 Å². The molecule has 0 heterocycles. The summed E-state index contributed by atoms with van der Waals surface area (Å²) in [5, 5.41) is 2.92. The summed E-state index contributed by atoms with van der Waals surface area (Å²) in [6, 6.07) is 9.17. The molecular weight excluding hydrogens is 444 g/mol. The normalized spacial score (nSPS) is 12.2. The second kappa shape index (κ2) is 11.2. The smallest absolute Gasteiger partial charge is 0.258 e. The number of sulfonamides is 1. The first-order chi connectivity index (χ1) is 14.7. The monoisotopic (exact) mass is 470 g/mol. The highest BCUT2D eigenvalue weighted by Gasteiger charge is 2.17. The molecule has 2 rings (SSSR count). The summed E-state index contributed by atoms with van der Waals surface area (Å²) in [5.41, 5.74) is 0.832. The van der Waals surface area contributed by atoms with E-state index in [0.29, 0.717) is 24.5 Å². The summed E-state index contributed by atoms with van der Waals surface area (Å²) in [7, 11) is -0.548. The Balaban J connectivity index is 1.98. The SMILES string of the molecule is CCCNS(=O)(=O)c1ccc(OCC(=O)N[C@H](C)c2ccc(OC)c(OC)c2)c(Cl)c1. The van der Waals surface area contributed by atoms with E-state index in [0.717, 1.165) is 5.56 Å². The van der Waals surface area contributed by atoms with Crippen molar-refractivity contribution < 1.29 is 27.4 Å².